The zero-order chi connectivity index (χ0) is 13.8. The fraction of sp³-hybridized carbons (Fsp3) is 0.636. The summed E-state index contributed by atoms with van der Waals surface area (Å²) in [5, 5.41) is 3.21. The van der Waals surface area contributed by atoms with Crippen molar-refractivity contribution in [1.29, 1.82) is 0 Å². The van der Waals surface area contributed by atoms with Crippen LogP contribution in [0.15, 0.2) is 21.6 Å². The molecular weight excluding hydrogens is 254 g/mol. The van der Waals surface area contributed by atoms with E-state index in [1.54, 1.807) is 6.07 Å². The minimum atomic E-state index is -3.49. The van der Waals surface area contributed by atoms with E-state index in [1.807, 2.05) is 14.1 Å². The Labute approximate surface area is 108 Å². The molecule has 2 N–H and O–H groups in total. The molecule has 1 heterocycles. The quantitative estimate of drug-likeness (QED) is 0.745. The molecular formula is C11H21N3O3S. The Bertz CT molecular complexity index is 468. The van der Waals surface area contributed by atoms with Crippen LogP contribution in [0, 0.1) is 0 Å². The van der Waals surface area contributed by atoms with Crippen molar-refractivity contribution in [3.8, 4) is 0 Å². The van der Waals surface area contributed by atoms with Gasteiger partial charge in [-0.05, 0) is 40.2 Å². The van der Waals surface area contributed by atoms with E-state index in [0.29, 0.717) is 18.3 Å². The second kappa shape index (κ2) is 6.33. The maximum absolute atomic E-state index is 11.5. The van der Waals surface area contributed by atoms with Crippen LogP contribution in [0.3, 0.4) is 0 Å². The van der Waals surface area contributed by atoms with Crippen LogP contribution in [-0.4, -0.2) is 47.0 Å². The lowest BCUT2D eigenvalue weighted by Crippen LogP contribution is -2.35. The van der Waals surface area contributed by atoms with Crippen LogP contribution >= 0.6 is 0 Å². The van der Waals surface area contributed by atoms with Gasteiger partial charge in [0.15, 0.2) is 0 Å². The highest BCUT2D eigenvalue weighted by Gasteiger charge is 2.16. The zero-order valence-corrected chi connectivity index (χ0v) is 12.0. The van der Waals surface area contributed by atoms with Crippen molar-refractivity contribution in [3.63, 3.8) is 0 Å². The van der Waals surface area contributed by atoms with Gasteiger partial charge in [0.05, 0.1) is 6.54 Å². The van der Waals surface area contributed by atoms with E-state index in [1.165, 1.54) is 13.1 Å². The first-order chi connectivity index (χ1) is 8.35. The summed E-state index contributed by atoms with van der Waals surface area (Å²) in [4.78, 5) is 2.08. The Kier molecular flexibility index (Phi) is 5.33. The van der Waals surface area contributed by atoms with Crippen molar-refractivity contribution >= 4 is 10.0 Å². The van der Waals surface area contributed by atoms with E-state index in [4.69, 9.17) is 4.42 Å². The summed E-state index contributed by atoms with van der Waals surface area (Å²) in [5.41, 5.74) is 0. The molecule has 0 amide bonds. The van der Waals surface area contributed by atoms with Crippen LogP contribution in [0.4, 0.5) is 0 Å². The second-order valence-electron chi connectivity index (χ2n) is 4.47. The van der Waals surface area contributed by atoms with Gasteiger partial charge < -0.3 is 14.6 Å². The molecule has 0 fully saturated rings. The normalized spacial score (nSPS) is 14.1. The Morgan fingerprint density at radius 3 is 2.61 bits per heavy atom. The minimum absolute atomic E-state index is 0.0536. The Morgan fingerprint density at radius 2 is 2.06 bits per heavy atom. The van der Waals surface area contributed by atoms with Gasteiger partial charge in [-0.2, -0.15) is 0 Å². The smallest absolute Gasteiger partial charge is 0.273 e. The monoisotopic (exact) mass is 275 g/mol. The SMILES string of the molecule is CNS(=O)(=O)c1ccc(CNC(C)CN(C)C)o1. The second-order valence-corrected chi connectivity index (χ2v) is 6.29. The molecule has 7 heteroatoms. The summed E-state index contributed by atoms with van der Waals surface area (Å²) in [6.07, 6.45) is 0. The summed E-state index contributed by atoms with van der Waals surface area (Å²) in [6.45, 7) is 3.48. The van der Waals surface area contributed by atoms with Crippen molar-refractivity contribution in [2.24, 2.45) is 0 Å². The average Bonchev–Trinajstić information content (AvgIpc) is 2.74. The van der Waals surface area contributed by atoms with Crippen LogP contribution < -0.4 is 10.0 Å². The molecule has 1 unspecified atom stereocenters. The van der Waals surface area contributed by atoms with Crippen LogP contribution in [0.1, 0.15) is 12.7 Å². The van der Waals surface area contributed by atoms with Gasteiger partial charge in [-0.1, -0.05) is 0 Å². The van der Waals surface area contributed by atoms with E-state index < -0.39 is 10.0 Å². The molecule has 1 aromatic rings. The molecule has 0 radical (unpaired) electrons. The molecule has 0 aliphatic carbocycles. The summed E-state index contributed by atoms with van der Waals surface area (Å²) < 4.78 is 30.4. The molecule has 0 spiro atoms. The maximum Gasteiger partial charge on any atom is 0.273 e. The zero-order valence-electron chi connectivity index (χ0n) is 11.2. The Balaban J connectivity index is 2.55. The summed E-state index contributed by atoms with van der Waals surface area (Å²) in [7, 11) is 1.87. The van der Waals surface area contributed by atoms with Gasteiger partial charge >= 0.3 is 0 Å². The standard InChI is InChI=1S/C11H21N3O3S/c1-9(8-14(3)4)13-7-10-5-6-11(17-10)18(15,16)12-2/h5-6,9,12-13H,7-8H2,1-4H3. The van der Waals surface area contributed by atoms with E-state index in [-0.39, 0.29) is 5.09 Å². The fourth-order valence-corrected chi connectivity index (χ4v) is 2.25. The topological polar surface area (TPSA) is 74.6 Å². The number of nitrogens with zero attached hydrogens (tertiary/aromatic N) is 1. The average molecular weight is 275 g/mol. The third-order valence-electron chi connectivity index (χ3n) is 2.43. The van der Waals surface area contributed by atoms with Crippen molar-refractivity contribution in [3.05, 3.63) is 17.9 Å². The molecule has 6 nitrogen and oxygen atoms in total. The molecule has 0 saturated heterocycles. The van der Waals surface area contributed by atoms with Crippen LogP contribution in [-0.2, 0) is 16.6 Å². The minimum Gasteiger partial charge on any atom is -0.447 e. The third kappa shape index (κ3) is 4.41. The first kappa shape index (κ1) is 15.2. The lowest BCUT2D eigenvalue weighted by molar-refractivity contribution is 0.334. The molecule has 0 bridgehead atoms. The lowest BCUT2D eigenvalue weighted by Gasteiger charge is -2.17. The van der Waals surface area contributed by atoms with Crippen molar-refractivity contribution in [1.82, 2.24) is 14.9 Å². The number of furan rings is 1. The largest absolute Gasteiger partial charge is 0.447 e. The summed E-state index contributed by atoms with van der Waals surface area (Å²) >= 11 is 0. The number of hydrogen-bond donors (Lipinski definition) is 2. The molecule has 0 aromatic carbocycles. The van der Waals surface area contributed by atoms with E-state index in [0.717, 1.165) is 6.54 Å². The summed E-state index contributed by atoms with van der Waals surface area (Å²) in [6, 6.07) is 3.42. The van der Waals surface area contributed by atoms with Gasteiger partial charge in [-0.15, -0.1) is 0 Å². The van der Waals surface area contributed by atoms with Crippen LogP contribution in [0.5, 0.6) is 0 Å². The fourth-order valence-electron chi connectivity index (χ4n) is 1.59. The van der Waals surface area contributed by atoms with Gasteiger partial charge in [0, 0.05) is 12.6 Å². The van der Waals surface area contributed by atoms with Gasteiger partial charge in [0.25, 0.3) is 10.0 Å². The maximum atomic E-state index is 11.5. The Hall–Kier alpha value is -0.890. The molecule has 0 saturated carbocycles. The highest BCUT2D eigenvalue weighted by molar-refractivity contribution is 7.89. The van der Waals surface area contributed by atoms with E-state index in [9.17, 15) is 8.42 Å². The molecule has 0 aliphatic heterocycles. The van der Waals surface area contributed by atoms with Gasteiger partial charge in [-0.25, -0.2) is 13.1 Å². The predicted molar refractivity (Wildman–Crippen MR) is 69.8 cm³/mol. The first-order valence-corrected chi connectivity index (χ1v) is 7.24. The summed E-state index contributed by atoms with van der Waals surface area (Å²) in [5.74, 6) is 0.606. The lowest BCUT2D eigenvalue weighted by atomic mass is 10.3. The number of likely N-dealkylation sites (N-methyl/N-ethyl adjacent to an activating group) is 1. The van der Waals surface area contributed by atoms with E-state index >= 15 is 0 Å². The van der Waals surface area contributed by atoms with Gasteiger partial charge in [0.2, 0.25) is 5.09 Å². The van der Waals surface area contributed by atoms with Gasteiger partial charge in [0.1, 0.15) is 5.76 Å². The molecule has 1 atom stereocenters. The highest BCUT2D eigenvalue weighted by Crippen LogP contribution is 2.13. The number of hydrogen-bond acceptors (Lipinski definition) is 5. The third-order valence-corrected chi connectivity index (χ3v) is 3.72. The number of sulfonamides is 1. The molecule has 18 heavy (non-hydrogen) atoms. The molecule has 104 valence electrons. The van der Waals surface area contributed by atoms with Crippen molar-refractivity contribution < 1.29 is 12.8 Å². The first-order valence-electron chi connectivity index (χ1n) is 5.75. The highest BCUT2D eigenvalue weighted by atomic mass is 32.2. The van der Waals surface area contributed by atoms with E-state index in [2.05, 4.69) is 21.9 Å². The van der Waals surface area contributed by atoms with Crippen molar-refractivity contribution in [2.75, 3.05) is 27.7 Å². The Morgan fingerprint density at radius 1 is 1.39 bits per heavy atom. The molecule has 1 rings (SSSR count). The van der Waals surface area contributed by atoms with Crippen LogP contribution in [0.2, 0.25) is 0 Å². The van der Waals surface area contributed by atoms with Crippen LogP contribution in [0.25, 0.3) is 0 Å². The predicted octanol–water partition coefficient (Wildman–Crippen LogP) is 0.227. The van der Waals surface area contributed by atoms with Crippen molar-refractivity contribution in [2.45, 2.75) is 24.6 Å². The molecule has 1 aromatic heterocycles. The van der Waals surface area contributed by atoms with Gasteiger partial charge in [-0.3, -0.25) is 0 Å². The molecule has 0 aliphatic rings. The number of rotatable bonds is 7. The number of nitrogens with one attached hydrogen (secondary N) is 2.